The van der Waals surface area contributed by atoms with Crippen molar-refractivity contribution in [2.45, 2.75) is 0 Å². The molecule has 0 saturated carbocycles. The molecule has 0 amide bonds. The van der Waals surface area contributed by atoms with Gasteiger partial charge in [-0.3, -0.25) is 0 Å². The van der Waals surface area contributed by atoms with Gasteiger partial charge < -0.3 is 9.32 Å². The zero-order chi connectivity index (χ0) is 37.3. The van der Waals surface area contributed by atoms with Crippen LogP contribution in [0.3, 0.4) is 0 Å². The first-order valence-corrected chi connectivity index (χ1v) is 19.1. The highest BCUT2D eigenvalue weighted by Crippen LogP contribution is 2.43. The van der Waals surface area contributed by atoms with Crippen molar-refractivity contribution in [3.8, 4) is 55.8 Å². The Morgan fingerprint density at radius 3 is 1.57 bits per heavy atom. The van der Waals surface area contributed by atoms with Gasteiger partial charge in [0.25, 0.3) is 0 Å². The molecule has 2 heteroatoms. The van der Waals surface area contributed by atoms with E-state index >= 15 is 0 Å². The van der Waals surface area contributed by atoms with Crippen LogP contribution in [0.1, 0.15) is 0 Å². The minimum atomic E-state index is 0.882. The molecule has 1 aromatic heterocycles. The lowest BCUT2D eigenvalue weighted by Gasteiger charge is -2.26. The van der Waals surface area contributed by atoms with Crippen molar-refractivity contribution >= 4 is 38.8 Å². The lowest BCUT2D eigenvalue weighted by molar-refractivity contribution is 0.632. The highest BCUT2D eigenvalue weighted by Gasteiger charge is 2.19. The van der Waals surface area contributed by atoms with Gasteiger partial charge in [0.15, 0.2) is 0 Å². The van der Waals surface area contributed by atoms with E-state index in [9.17, 15) is 0 Å². The van der Waals surface area contributed by atoms with Crippen molar-refractivity contribution in [3.63, 3.8) is 0 Å². The molecule has 0 radical (unpaired) electrons. The van der Waals surface area contributed by atoms with Gasteiger partial charge in [-0.05, 0) is 98.2 Å². The van der Waals surface area contributed by atoms with Crippen LogP contribution in [0.2, 0.25) is 0 Å². The number of nitrogens with zero attached hydrogens (tertiary/aromatic N) is 1. The lowest BCUT2D eigenvalue weighted by Crippen LogP contribution is -2.10. The number of hydrogen-bond donors (Lipinski definition) is 0. The fourth-order valence-electron chi connectivity index (χ4n) is 7.95. The minimum Gasteiger partial charge on any atom is -0.455 e. The smallest absolute Gasteiger partial charge is 0.143 e. The van der Waals surface area contributed by atoms with Crippen molar-refractivity contribution in [3.05, 3.63) is 224 Å². The van der Waals surface area contributed by atoms with Crippen molar-refractivity contribution < 1.29 is 4.42 Å². The minimum absolute atomic E-state index is 0.882. The Balaban J connectivity index is 1.04. The zero-order valence-corrected chi connectivity index (χ0v) is 30.7. The van der Waals surface area contributed by atoms with Crippen LogP contribution in [0.15, 0.2) is 229 Å². The van der Waals surface area contributed by atoms with E-state index in [0.717, 1.165) is 61.6 Å². The fourth-order valence-corrected chi connectivity index (χ4v) is 7.95. The van der Waals surface area contributed by atoms with E-state index in [4.69, 9.17) is 4.42 Å². The molecular weight excluding hydrogens is 679 g/mol. The number of para-hydroxylation sites is 1. The van der Waals surface area contributed by atoms with Crippen LogP contribution in [0.25, 0.3) is 77.6 Å². The molecule has 10 rings (SSSR count). The Morgan fingerprint density at radius 1 is 0.304 bits per heavy atom. The SMILES string of the molecule is c1ccc(-c2cccc(N(c3ccc(-c4cccc(-c5oc6ccccc6c5-c5ccccc5)c4)cc3)c3ccc(-c4cccc5ccccc45)cc3)c2)cc1. The Labute approximate surface area is 327 Å². The summed E-state index contributed by atoms with van der Waals surface area (Å²) in [5.74, 6) is 0.882. The predicted octanol–water partition coefficient (Wildman–Crippen LogP) is 15.4. The largest absolute Gasteiger partial charge is 0.455 e. The van der Waals surface area contributed by atoms with Gasteiger partial charge in [-0.15, -0.1) is 0 Å². The van der Waals surface area contributed by atoms with Crippen LogP contribution in [0, 0.1) is 0 Å². The monoisotopic (exact) mass is 715 g/mol. The molecule has 9 aromatic carbocycles. The van der Waals surface area contributed by atoms with E-state index in [1.165, 1.54) is 33.0 Å². The molecule has 0 aliphatic carbocycles. The van der Waals surface area contributed by atoms with Gasteiger partial charge in [0.2, 0.25) is 0 Å². The van der Waals surface area contributed by atoms with E-state index < -0.39 is 0 Å². The summed E-state index contributed by atoms with van der Waals surface area (Å²) in [4.78, 5) is 2.35. The molecule has 1 heterocycles. The molecule has 0 aliphatic heterocycles. The molecule has 0 unspecified atom stereocenters. The topological polar surface area (TPSA) is 16.4 Å². The number of rotatable bonds is 8. The first-order valence-electron chi connectivity index (χ1n) is 19.1. The number of anilines is 3. The Bertz CT molecular complexity index is 2940. The molecule has 0 saturated heterocycles. The second-order valence-electron chi connectivity index (χ2n) is 14.1. The van der Waals surface area contributed by atoms with E-state index in [0.29, 0.717) is 0 Å². The van der Waals surface area contributed by atoms with E-state index in [-0.39, 0.29) is 0 Å². The van der Waals surface area contributed by atoms with Crippen LogP contribution in [0.5, 0.6) is 0 Å². The van der Waals surface area contributed by atoms with Crippen LogP contribution in [0.4, 0.5) is 17.1 Å². The zero-order valence-electron chi connectivity index (χ0n) is 30.7. The van der Waals surface area contributed by atoms with Gasteiger partial charge >= 0.3 is 0 Å². The Kier molecular flexibility index (Phi) is 8.55. The van der Waals surface area contributed by atoms with Gasteiger partial charge in [-0.25, -0.2) is 0 Å². The molecule has 0 fully saturated rings. The third-order valence-corrected chi connectivity index (χ3v) is 10.7. The molecule has 10 aromatic rings. The highest BCUT2D eigenvalue weighted by atomic mass is 16.3. The van der Waals surface area contributed by atoms with Gasteiger partial charge in [0.1, 0.15) is 11.3 Å². The van der Waals surface area contributed by atoms with Crippen molar-refractivity contribution in [2.75, 3.05) is 4.90 Å². The Morgan fingerprint density at radius 2 is 0.821 bits per heavy atom. The third kappa shape index (κ3) is 6.24. The summed E-state index contributed by atoms with van der Waals surface area (Å²) in [6.45, 7) is 0. The van der Waals surface area contributed by atoms with Crippen LogP contribution >= 0.6 is 0 Å². The van der Waals surface area contributed by atoms with E-state index in [1.807, 2.05) is 12.1 Å². The maximum absolute atomic E-state index is 6.57. The molecule has 0 bridgehead atoms. The molecule has 0 spiro atoms. The van der Waals surface area contributed by atoms with Gasteiger partial charge in [0, 0.05) is 33.6 Å². The van der Waals surface area contributed by atoms with Crippen LogP contribution < -0.4 is 4.90 Å². The summed E-state index contributed by atoms with van der Waals surface area (Å²) in [6, 6.07) is 79.9. The second kappa shape index (κ2) is 14.4. The average molecular weight is 716 g/mol. The van der Waals surface area contributed by atoms with Crippen LogP contribution in [-0.4, -0.2) is 0 Å². The number of benzene rings is 9. The molecular formula is C54H37NO. The van der Waals surface area contributed by atoms with Crippen molar-refractivity contribution in [1.82, 2.24) is 0 Å². The van der Waals surface area contributed by atoms with Crippen LogP contribution in [-0.2, 0) is 0 Å². The molecule has 0 N–H and O–H groups in total. The molecule has 2 nitrogen and oxygen atoms in total. The third-order valence-electron chi connectivity index (χ3n) is 10.7. The quantitative estimate of drug-likeness (QED) is 0.156. The summed E-state index contributed by atoms with van der Waals surface area (Å²) >= 11 is 0. The first-order chi connectivity index (χ1) is 27.8. The summed E-state index contributed by atoms with van der Waals surface area (Å²) in [6.07, 6.45) is 0. The maximum Gasteiger partial charge on any atom is 0.143 e. The maximum atomic E-state index is 6.57. The van der Waals surface area contributed by atoms with Crippen molar-refractivity contribution in [1.29, 1.82) is 0 Å². The number of furan rings is 1. The number of fused-ring (bicyclic) bond motifs is 2. The lowest BCUT2D eigenvalue weighted by atomic mass is 9.96. The average Bonchev–Trinajstić information content (AvgIpc) is 3.68. The van der Waals surface area contributed by atoms with E-state index in [1.54, 1.807) is 0 Å². The second-order valence-corrected chi connectivity index (χ2v) is 14.1. The summed E-state index contributed by atoms with van der Waals surface area (Å²) in [5.41, 5.74) is 14.5. The summed E-state index contributed by atoms with van der Waals surface area (Å²) in [7, 11) is 0. The molecule has 56 heavy (non-hydrogen) atoms. The molecule has 0 atom stereocenters. The molecule has 264 valence electrons. The summed E-state index contributed by atoms with van der Waals surface area (Å²) in [5, 5.41) is 3.62. The molecule has 0 aliphatic rings. The normalized spacial score (nSPS) is 11.2. The first kappa shape index (κ1) is 33.2. The Hall–Kier alpha value is -7.42. The van der Waals surface area contributed by atoms with Gasteiger partial charge in [-0.1, -0.05) is 176 Å². The van der Waals surface area contributed by atoms with Crippen molar-refractivity contribution in [2.24, 2.45) is 0 Å². The van der Waals surface area contributed by atoms with E-state index in [2.05, 4.69) is 217 Å². The predicted molar refractivity (Wildman–Crippen MR) is 236 cm³/mol. The van der Waals surface area contributed by atoms with Gasteiger partial charge in [0.05, 0.1) is 0 Å². The fraction of sp³-hybridized carbons (Fsp3) is 0. The van der Waals surface area contributed by atoms with Gasteiger partial charge in [-0.2, -0.15) is 0 Å². The standard InChI is InChI=1S/C54H37NO/c1-3-14-38(15-4-1)44-21-12-23-48(37-44)55(47-34-30-41(31-35-47)50-26-13-19-40-16-7-8-24-49(40)50)46-32-28-39(29-33-46)43-20-11-22-45(36-43)54-53(42-17-5-2-6-18-42)51-25-9-10-27-52(51)56-54/h1-37H. The summed E-state index contributed by atoms with van der Waals surface area (Å²) < 4.78 is 6.57. The highest BCUT2D eigenvalue weighted by molar-refractivity contribution is 6.02. The number of hydrogen-bond acceptors (Lipinski definition) is 2.